The van der Waals surface area contributed by atoms with Crippen LogP contribution in [-0.4, -0.2) is 79.3 Å². The molecule has 0 radical (unpaired) electrons. The van der Waals surface area contributed by atoms with Crippen LogP contribution in [-0.2, 0) is 35.5 Å². The molecule has 1 saturated carbocycles. The van der Waals surface area contributed by atoms with Gasteiger partial charge in [0.1, 0.15) is 17.2 Å². The molecule has 4 fully saturated rings. The van der Waals surface area contributed by atoms with E-state index in [2.05, 4.69) is 15.3 Å². The average Bonchev–Trinajstić information content (AvgIpc) is 3.64. The van der Waals surface area contributed by atoms with Gasteiger partial charge in [0.2, 0.25) is 11.8 Å². The second-order valence-electron chi connectivity index (χ2n) is 15.8. The monoisotopic (exact) mass is 891 g/mol. The summed E-state index contributed by atoms with van der Waals surface area (Å²) < 4.78 is 57.6. The Balaban J connectivity index is 1.20. The van der Waals surface area contributed by atoms with Gasteiger partial charge in [-0.05, 0) is 66.8 Å². The van der Waals surface area contributed by atoms with Crippen LogP contribution in [0.25, 0.3) is 0 Å². The minimum atomic E-state index is -4.78. The number of carbonyl (C=O) groups is 4. The van der Waals surface area contributed by atoms with Crippen LogP contribution < -0.4 is 24.7 Å². The van der Waals surface area contributed by atoms with E-state index in [9.17, 15) is 27.9 Å². The molecule has 3 saturated heterocycles. The number of hydrazine groups is 1. The largest absolute Gasteiger partial charge is 0.507 e. The number of aromatic nitrogens is 1. The summed E-state index contributed by atoms with van der Waals surface area (Å²) in [6.07, 6.45) is -2.47. The Morgan fingerprint density at radius 3 is 2.23 bits per heavy atom. The van der Waals surface area contributed by atoms with Gasteiger partial charge in [-0.2, -0.15) is 18.2 Å². The number of aromatic hydroxyl groups is 1. The Hall–Kier alpha value is -5.84. The van der Waals surface area contributed by atoms with Crippen LogP contribution in [0.3, 0.4) is 0 Å². The molecule has 4 heterocycles. The van der Waals surface area contributed by atoms with Gasteiger partial charge in [-0.25, -0.2) is 4.98 Å². The zero-order valence-corrected chi connectivity index (χ0v) is 34.6. The SMILES string of the molecule is COc1cc(O)c(C2C3=CCC4C(=O)N(c5ccc(N6CCOCC6)cc5)C(=O)C4C3CC3C(=O)N(Nc4ncc(C(F)(F)F)cc4Cl)C(=O)C32c2ccc(Cl)cc2)c(OC)c1. The second-order valence-corrected chi connectivity index (χ2v) is 16.7. The number of rotatable bonds is 8. The highest BCUT2D eigenvalue weighted by atomic mass is 35.5. The van der Waals surface area contributed by atoms with Gasteiger partial charge in [0.05, 0.1) is 66.9 Å². The quantitative estimate of drug-likeness (QED) is 0.137. The van der Waals surface area contributed by atoms with E-state index in [1.165, 1.54) is 31.3 Å². The van der Waals surface area contributed by atoms with Crippen LogP contribution >= 0.6 is 23.2 Å². The van der Waals surface area contributed by atoms with Crippen LogP contribution in [0.4, 0.5) is 30.4 Å². The number of morpholine rings is 1. The van der Waals surface area contributed by atoms with Crippen LogP contribution in [0.15, 0.2) is 84.6 Å². The van der Waals surface area contributed by atoms with Crippen molar-refractivity contribution in [3.05, 3.63) is 111 Å². The molecule has 3 aromatic carbocycles. The fraction of sp³-hybridized carbons (Fsp3) is 0.341. The number of phenolic OH excluding ortho intramolecular Hbond substituents is 1. The van der Waals surface area contributed by atoms with Gasteiger partial charge in [0.15, 0.2) is 5.82 Å². The number of allylic oxidation sites excluding steroid dienone is 2. The van der Waals surface area contributed by atoms with E-state index < -0.39 is 81.2 Å². The van der Waals surface area contributed by atoms with Crippen LogP contribution in [0, 0.1) is 23.7 Å². The van der Waals surface area contributed by atoms with Crippen LogP contribution in [0.5, 0.6) is 17.2 Å². The lowest BCUT2D eigenvalue weighted by Gasteiger charge is -2.50. The van der Waals surface area contributed by atoms with Crippen LogP contribution in [0.2, 0.25) is 10.0 Å². The van der Waals surface area contributed by atoms with Gasteiger partial charge in [-0.3, -0.25) is 29.5 Å². The first-order chi connectivity index (χ1) is 29.7. The standard InChI is InChI=1S/C44H38Cl2F3N5O8/c1-60-27-18-33(55)36(34(19-27)61-2)37-28-11-12-29-35(41(58)53(39(29)56)26-9-7-25(8-10-26)52-13-15-62-16-14-52)30(28)20-31-40(57)54(42(59)43(31,37)22-3-5-24(45)6-4-22)51-38-32(46)17-23(21-50-38)44(47,48)49/h3-11,17-19,21,29-31,35,37,55H,12-16,20H2,1-2H3,(H,50,51). The predicted octanol–water partition coefficient (Wildman–Crippen LogP) is 7.16. The fourth-order valence-electron chi connectivity index (χ4n) is 10.1. The van der Waals surface area contributed by atoms with Crippen molar-refractivity contribution in [1.82, 2.24) is 9.99 Å². The molecule has 2 N–H and O–H groups in total. The normalized spacial score (nSPS) is 26.0. The number of halogens is 5. The van der Waals surface area contributed by atoms with E-state index in [0.29, 0.717) is 65.4 Å². The smallest absolute Gasteiger partial charge is 0.417 e. The highest BCUT2D eigenvalue weighted by molar-refractivity contribution is 6.33. The first kappa shape index (κ1) is 41.5. The molecule has 4 amide bonds. The number of nitrogens with one attached hydrogen (secondary N) is 1. The summed E-state index contributed by atoms with van der Waals surface area (Å²) in [6.45, 7) is 2.54. The zero-order valence-electron chi connectivity index (χ0n) is 33.1. The number of anilines is 3. The van der Waals surface area contributed by atoms with Crippen molar-refractivity contribution in [3.8, 4) is 17.2 Å². The molecule has 6 atom stereocenters. The number of phenols is 1. The molecule has 3 aliphatic heterocycles. The summed E-state index contributed by atoms with van der Waals surface area (Å²) in [5.41, 5.74) is 1.76. The summed E-state index contributed by atoms with van der Waals surface area (Å²) in [7, 11) is 2.76. The molecule has 5 aliphatic rings. The Kier molecular flexibility index (Phi) is 10.4. The van der Waals surface area contributed by atoms with Crippen molar-refractivity contribution < 1.29 is 51.7 Å². The summed E-state index contributed by atoms with van der Waals surface area (Å²) in [5, 5.41) is 12.5. The van der Waals surface area contributed by atoms with E-state index in [0.717, 1.165) is 5.69 Å². The highest BCUT2D eigenvalue weighted by Gasteiger charge is 2.71. The number of nitrogens with zero attached hydrogens (tertiary/aromatic N) is 4. The molecular weight excluding hydrogens is 854 g/mol. The van der Waals surface area contributed by atoms with E-state index in [1.54, 1.807) is 36.4 Å². The highest BCUT2D eigenvalue weighted by Crippen LogP contribution is 2.66. The van der Waals surface area contributed by atoms with Crippen molar-refractivity contribution in [1.29, 1.82) is 0 Å². The summed E-state index contributed by atoms with van der Waals surface area (Å²) in [6, 6.07) is 16.9. The molecule has 4 aromatic rings. The first-order valence-corrected chi connectivity index (χ1v) is 20.5. The molecule has 322 valence electrons. The lowest BCUT2D eigenvalue weighted by atomic mass is 9.49. The lowest BCUT2D eigenvalue weighted by Crippen LogP contribution is -2.53. The number of hydrogen-bond donors (Lipinski definition) is 2. The van der Waals surface area contributed by atoms with E-state index in [-0.39, 0.29) is 35.7 Å². The Morgan fingerprint density at radius 2 is 1.58 bits per heavy atom. The van der Waals surface area contributed by atoms with Gasteiger partial charge in [0.25, 0.3) is 11.8 Å². The van der Waals surface area contributed by atoms with Gasteiger partial charge < -0.3 is 24.2 Å². The number of hydrogen-bond acceptors (Lipinski definition) is 11. The minimum absolute atomic E-state index is 0.0930. The second kappa shape index (κ2) is 15.5. The van der Waals surface area contributed by atoms with Gasteiger partial charge in [-0.15, -0.1) is 0 Å². The summed E-state index contributed by atoms with van der Waals surface area (Å²) in [4.78, 5) is 67.0. The van der Waals surface area contributed by atoms with Gasteiger partial charge in [-0.1, -0.05) is 47.0 Å². The fourth-order valence-corrected chi connectivity index (χ4v) is 10.5. The summed E-state index contributed by atoms with van der Waals surface area (Å²) in [5.74, 6) is -8.16. The van der Waals surface area contributed by atoms with E-state index in [1.807, 2.05) is 18.2 Å². The third-order valence-electron chi connectivity index (χ3n) is 12.9. The van der Waals surface area contributed by atoms with Crippen molar-refractivity contribution in [2.75, 3.05) is 55.7 Å². The van der Waals surface area contributed by atoms with Crippen molar-refractivity contribution in [2.24, 2.45) is 23.7 Å². The number of imide groups is 2. The molecule has 0 spiro atoms. The maximum absolute atomic E-state index is 15.6. The number of ether oxygens (including phenoxy) is 3. The maximum atomic E-state index is 15.6. The van der Waals surface area contributed by atoms with Gasteiger partial charge >= 0.3 is 6.18 Å². The number of amides is 4. The van der Waals surface area contributed by atoms with Crippen molar-refractivity contribution in [2.45, 2.75) is 30.4 Å². The topological polar surface area (TPSA) is 151 Å². The van der Waals surface area contributed by atoms with E-state index in [4.69, 9.17) is 37.4 Å². The maximum Gasteiger partial charge on any atom is 0.417 e. The molecule has 62 heavy (non-hydrogen) atoms. The average molecular weight is 893 g/mol. The molecule has 18 heteroatoms. The summed E-state index contributed by atoms with van der Waals surface area (Å²) >= 11 is 12.7. The van der Waals surface area contributed by atoms with Crippen molar-refractivity contribution >= 4 is 64.0 Å². The number of benzene rings is 3. The lowest BCUT2D eigenvalue weighted by molar-refractivity contribution is -0.139. The molecule has 0 bridgehead atoms. The Labute approximate surface area is 362 Å². The van der Waals surface area contributed by atoms with Gasteiger partial charge in [0, 0.05) is 53.6 Å². The number of pyridine rings is 1. The molecule has 6 unspecified atom stereocenters. The molecule has 2 aliphatic carbocycles. The van der Waals surface area contributed by atoms with Crippen LogP contribution in [0.1, 0.15) is 35.4 Å². The molecule has 9 rings (SSSR count). The van der Waals surface area contributed by atoms with Crippen molar-refractivity contribution in [3.63, 3.8) is 0 Å². The number of alkyl halides is 3. The third kappa shape index (κ3) is 6.44. The number of fused-ring (bicyclic) bond motifs is 4. The third-order valence-corrected chi connectivity index (χ3v) is 13.4. The molecule has 1 aromatic heterocycles. The first-order valence-electron chi connectivity index (χ1n) is 19.8. The molecular formula is C44H38Cl2F3N5O8. The number of methoxy groups -OCH3 is 2. The Morgan fingerprint density at radius 1 is 0.887 bits per heavy atom. The minimum Gasteiger partial charge on any atom is -0.507 e. The Bertz CT molecular complexity index is 2530. The number of carbonyl (C=O) groups excluding carboxylic acids is 4. The zero-order chi connectivity index (χ0) is 43.8. The molecule has 13 nitrogen and oxygen atoms in total. The van der Waals surface area contributed by atoms with E-state index >= 15 is 9.59 Å². The predicted molar refractivity (Wildman–Crippen MR) is 220 cm³/mol.